The fourth-order valence-corrected chi connectivity index (χ4v) is 1.72. The van der Waals surface area contributed by atoms with Crippen LogP contribution in [-0.4, -0.2) is 17.1 Å². The highest BCUT2D eigenvalue weighted by molar-refractivity contribution is 6.32. The van der Waals surface area contributed by atoms with Crippen molar-refractivity contribution in [3.8, 4) is 5.75 Å². The molecule has 5 heteroatoms. The van der Waals surface area contributed by atoms with E-state index in [2.05, 4.69) is 5.32 Å². The molecule has 0 heterocycles. The zero-order valence-electron chi connectivity index (χ0n) is 8.61. The Morgan fingerprint density at radius 1 is 1.56 bits per heavy atom. The van der Waals surface area contributed by atoms with Gasteiger partial charge in [-0.1, -0.05) is 17.7 Å². The van der Waals surface area contributed by atoms with Gasteiger partial charge in [0.05, 0.1) is 5.02 Å². The number of phenolic OH excluding ortho intramolecular Hbond substituents is 1. The zero-order valence-corrected chi connectivity index (χ0v) is 9.37. The maximum absolute atomic E-state index is 11.3. The number of amides is 1. The second kappa shape index (κ2) is 4.31. The summed E-state index contributed by atoms with van der Waals surface area (Å²) in [7, 11) is 0. The molecule has 0 aromatic heterocycles. The van der Waals surface area contributed by atoms with Crippen LogP contribution in [0.5, 0.6) is 5.75 Å². The quantitative estimate of drug-likeness (QED) is 0.743. The van der Waals surface area contributed by atoms with E-state index in [4.69, 9.17) is 17.3 Å². The Balaban J connectivity index is 2.22. The topological polar surface area (TPSA) is 75.4 Å². The van der Waals surface area contributed by atoms with Crippen molar-refractivity contribution < 1.29 is 9.90 Å². The predicted molar refractivity (Wildman–Crippen MR) is 61.2 cm³/mol. The van der Waals surface area contributed by atoms with Crippen LogP contribution in [0, 0.1) is 0 Å². The molecule has 1 aliphatic rings. The number of hydrogen-bond acceptors (Lipinski definition) is 3. The lowest BCUT2D eigenvalue weighted by molar-refractivity contribution is -0.120. The summed E-state index contributed by atoms with van der Waals surface area (Å²) in [6.45, 7) is 0. The van der Waals surface area contributed by atoms with E-state index >= 15 is 0 Å². The third-order valence-electron chi connectivity index (χ3n) is 2.57. The smallest absolute Gasteiger partial charge is 0.239 e. The summed E-state index contributed by atoms with van der Waals surface area (Å²) in [5.74, 6) is -0.436. The van der Waals surface area contributed by atoms with Crippen molar-refractivity contribution in [2.45, 2.75) is 24.9 Å². The highest BCUT2D eigenvalue weighted by Crippen LogP contribution is 2.29. The number of halogens is 1. The number of phenols is 1. The molecule has 1 atom stereocenters. The second-order valence-corrected chi connectivity index (χ2v) is 4.39. The molecule has 0 bridgehead atoms. The minimum Gasteiger partial charge on any atom is -0.506 e. The first-order valence-corrected chi connectivity index (χ1v) is 5.49. The van der Waals surface area contributed by atoms with Crippen molar-refractivity contribution in [2.24, 2.45) is 5.73 Å². The number of benzene rings is 1. The van der Waals surface area contributed by atoms with Crippen molar-refractivity contribution >= 4 is 17.5 Å². The molecule has 0 aliphatic heterocycles. The van der Waals surface area contributed by atoms with Gasteiger partial charge in [0.2, 0.25) is 5.91 Å². The average Bonchev–Trinajstić information content (AvgIpc) is 3.02. The highest BCUT2D eigenvalue weighted by Gasteiger charge is 2.28. The average molecular weight is 241 g/mol. The van der Waals surface area contributed by atoms with Crippen molar-refractivity contribution in [1.82, 2.24) is 5.32 Å². The summed E-state index contributed by atoms with van der Waals surface area (Å²) in [5, 5.41) is 12.7. The monoisotopic (exact) mass is 240 g/mol. The standard InChI is InChI=1S/C11H13ClN2O2/c12-8-5-6(1-4-9(8)15)10(11(13)16)14-7-2-3-7/h1,4-5,7,10,14-15H,2-3H2,(H2,13,16). The van der Waals surface area contributed by atoms with E-state index in [1.165, 1.54) is 6.07 Å². The van der Waals surface area contributed by atoms with E-state index < -0.39 is 11.9 Å². The van der Waals surface area contributed by atoms with Crippen LogP contribution in [0.2, 0.25) is 5.02 Å². The molecule has 1 amide bonds. The van der Waals surface area contributed by atoms with Crippen LogP contribution in [0.3, 0.4) is 0 Å². The molecule has 1 aromatic rings. The molecule has 1 unspecified atom stereocenters. The van der Waals surface area contributed by atoms with Gasteiger partial charge in [-0.2, -0.15) is 0 Å². The largest absolute Gasteiger partial charge is 0.506 e. The Morgan fingerprint density at radius 3 is 2.75 bits per heavy atom. The van der Waals surface area contributed by atoms with Gasteiger partial charge >= 0.3 is 0 Å². The van der Waals surface area contributed by atoms with Crippen LogP contribution in [0.1, 0.15) is 24.4 Å². The van der Waals surface area contributed by atoms with E-state index in [1.54, 1.807) is 12.1 Å². The third-order valence-corrected chi connectivity index (χ3v) is 2.87. The maximum Gasteiger partial charge on any atom is 0.239 e. The van der Waals surface area contributed by atoms with Crippen LogP contribution in [-0.2, 0) is 4.79 Å². The molecule has 4 N–H and O–H groups in total. The number of aromatic hydroxyl groups is 1. The lowest BCUT2D eigenvalue weighted by Gasteiger charge is -2.15. The first-order valence-electron chi connectivity index (χ1n) is 5.11. The van der Waals surface area contributed by atoms with E-state index in [0.29, 0.717) is 11.6 Å². The van der Waals surface area contributed by atoms with Gasteiger partial charge in [-0.05, 0) is 30.5 Å². The first-order chi connectivity index (χ1) is 7.58. The molecular weight excluding hydrogens is 228 g/mol. The fraction of sp³-hybridized carbons (Fsp3) is 0.364. The number of rotatable bonds is 4. The van der Waals surface area contributed by atoms with Gasteiger partial charge in [0.15, 0.2) is 0 Å². The van der Waals surface area contributed by atoms with Crippen molar-refractivity contribution in [2.75, 3.05) is 0 Å². The van der Waals surface area contributed by atoms with E-state index in [0.717, 1.165) is 12.8 Å². The molecule has 16 heavy (non-hydrogen) atoms. The molecular formula is C11H13ClN2O2. The Kier molecular flexibility index (Phi) is 3.03. The van der Waals surface area contributed by atoms with Gasteiger partial charge in [0.1, 0.15) is 11.8 Å². The van der Waals surface area contributed by atoms with Gasteiger partial charge in [0.25, 0.3) is 0 Å². The Hall–Kier alpha value is -1.26. The zero-order chi connectivity index (χ0) is 11.7. The van der Waals surface area contributed by atoms with Crippen molar-refractivity contribution in [1.29, 1.82) is 0 Å². The summed E-state index contributed by atoms with van der Waals surface area (Å²) in [6.07, 6.45) is 2.13. The number of carbonyl (C=O) groups excluding carboxylic acids is 1. The Bertz CT molecular complexity index is 418. The minimum absolute atomic E-state index is 0.0000546. The molecule has 2 rings (SSSR count). The normalized spacial score (nSPS) is 17.1. The summed E-state index contributed by atoms with van der Waals surface area (Å²) in [5.41, 5.74) is 6.01. The number of carbonyl (C=O) groups is 1. The van der Waals surface area contributed by atoms with Crippen LogP contribution < -0.4 is 11.1 Å². The third kappa shape index (κ3) is 2.46. The van der Waals surface area contributed by atoms with Gasteiger partial charge < -0.3 is 10.8 Å². The Labute approximate surface area is 98.4 Å². The lowest BCUT2D eigenvalue weighted by atomic mass is 10.1. The van der Waals surface area contributed by atoms with Crippen molar-refractivity contribution in [3.05, 3.63) is 28.8 Å². The molecule has 4 nitrogen and oxygen atoms in total. The van der Waals surface area contributed by atoms with E-state index in [-0.39, 0.29) is 10.8 Å². The summed E-state index contributed by atoms with van der Waals surface area (Å²) in [4.78, 5) is 11.3. The second-order valence-electron chi connectivity index (χ2n) is 3.99. The molecule has 86 valence electrons. The van der Waals surface area contributed by atoms with Crippen LogP contribution in [0.25, 0.3) is 0 Å². The highest BCUT2D eigenvalue weighted by atomic mass is 35.5. The Morgan fingerprint density at radius 2 is 2.25 bits per heavy atom. The molecule has 1 saturated carbocycles. The van der Waals surface area contributed by atoms with Gasteiger partial charge in [-0.3, -0.25) is 10.1 Å². The number of nitrogens with two attached hydrogens (primary N) is 1. The van der Waals surface area contributed by atoms with Crippen LogP contribution >= 0.6 is 11.6 Å². The van der Waals surface area contributed by atoms with Crippen molar-refractivity contribution in [3.63, 3.8) is 0 Å². The summed E-state index contributed by atoms with van der Waals surface area (Å²) >= 11 is 5.78. The molecule has 1 fully saturated rings. The fourth-order valence-electron chi connectivity index (χ4n) is 1.53. The van der Waals surface area contributed by atoms with Gasteiger partial charge in [-0.15, -0.1) is 0 Å². The van der Waals surface area contributed by atoms with E-state index in [9.17, 15) is 9.90 Å². The lowest BCUT2D eigenvalue weighted by Crippen LogP contribution is -2.34. The molecule has 1 aromatic carbocycles. The maximum atomic E-state index is 11.3. The molecule has 0 radical (unpaired) electrons. The molecule has 0 saturated heterocycles. The van der Waals surface area contributed by atoms with Crippen LogP contribution in [0.15, 0.2) is 18.2 Å². The van der Waals surface area contributed by atoms with Crippen LogP contribution in [0.4, 0.5) is 0 Å². The number of primary amides is 1. The summed E-state index contributed by atoms with van der Waals surface area (Å²) < 4.78 is 0. The summed E-state index contributed by atoms with van der Waals surface area (Å²) in [6, 6.07) is 4.49. The molecule has 0 spiro atoms. The first kappa shape index (κ1) is 11.2. The number of hydrogen-bond donors (Lipinski definition) is 3. The predicted octanol–water partition coefficient (Wildman–Crippen LogP) is 1.32. The van der Waals surface area contributed by atoms with Gasteiger partial charge in [0, 0.05) is 6.04 Å². The molecule has 1 aliphatic carbocycles. The van der Waals surface area contributed by atoms with Gasteiger partial charge in [-0.25, -0.2) is 0 Å². The van der Waals surface area contributed by atoms with E-state index in [1.807, 2.05) is 0 Å². The number of nitrogens with one attached hydrogen (secondary N) is 1. The minimum atomic E-state index is -0.536. The SMILES string of the molecule is NC(=O)C(NC1CC1)c1ccc(O)c(Cl)c1.